The Hall–Kier alpha value is -1.75. The second kappa shape index (κ2) is 5.05. The van der Waals surface area contributed by atoms with Crippen molar-refractivity contribution in [3.63, 3.8) is 0 Å². The molecule has 0 bridgehead atoms. The number of nitrogens with zero attached hydrogens (tertiary/aromatic N) is 2. The fourth-order valence-corrected chi connectivity index (χ4v) is 2.28. The summed E-state index contributed by atoms with van der Waals surface area (Å²) in [4.78, 5) is 20.0. The van der Waals surface area contributed by atoms with Crippen molar-refractivity contribution < 1.29 is 9.18 Å². The normalized spacial score (nSPS) is 10.2. The molecule has 0 saturated carbocycles. The van der Waals surface area contributed by atoms with E-state index in [1.165, 1.54) is 24.8 Å². The van der Waals surface area contributed by atoms with E-state index in [1.54, 1.807) is 30.6 Å². The summed E-state index contributed by atoms with van der Waals surface area (Å²) in [6.45, 7) is 1.34. The van der Waals surface area contributed by atoms with Gasteiger partial charge >= 0.3 is 0 Å². The molecule has 0 saturated heterocycles. The molecule has 0 atom stereocenters. The second-order valence-corrected chi connectivity index (χ2v) is 4.31. The molecule has 5 heteroatoms. The van der Waals surface area contributed by atoms with E-state index in [1.807, 2.05) is 0 Å². The molecular weight excluding hydrogens is 239 g/mol. The maximum atomic E-state index is 13.5. The van der Waals surface area contributed by atoms with Crippen LogP contribution in [-0.2, 0) is 0 Å². The molecule has 0 radical (unpaired) electrons. The van der Waals surface area contributed by atoms with Gasteiger partial charge in [-0.3, -0.25) is 4.79 Å². The van der Waals surface area contributed by atoms with E-state index in [0.717, 1.165) is 0 Å². The molecular formula is C12H9FN2OS. The highest BCUT2D eigenvalue weighted by Gasteiger charge is 2.14. The Morgan fingerprint density at radius 3 is 2.59 bits per heavy atom. The summed E-state index contributed by atoms with van der Waals surface area (Å²) in [5.74, 6) is -0.819. The molecule has 2 aromatic rings. The smallest absolute Gasteiger partial charge is 0.192 e. The van der Waals surface area contributed by atoms with Gasteiger partial charge in [0, 0.05) is 17.3 Å². The zero-order chi connectivity index (χ0) is 12.3. The van der Waals surface area contributed by atoms with Crippen molar-refractivity contribution in [3.05, 3.63) is 48.0 Å². The van der Waals surface area contributed by atoms with Crippen LogP contribution >= 0.6 is 11.8 Å². The fourth-order valence-electron chi connectivity index (χ4n) is 1.37. The van der Waals surface area contributed by atoms with Gasteiger partial charge in [-0.25, -0.2) is 14.4 Å². The van der Waals surface area contributed by atoms with Gasteiger partial charge in [0.25, 0.3) is 0 Å². The van der Waals surface area contributed by atoms with Gasteiger partial charge in [0.15, 0.2) is 10.9 Å². The van der Waals surface area contributed by atoms with Gasteiger partial charge in [-0.15, -0.1) is 0 Å². The molecule has 0 aliphatic heterocycles. The summed E-state index contributed by atoms with van der Waals surface area (Å²) >= 11 is 1.17. The number of halogens is 1. The van der Waals surface area contributed by atoms with E-state index in [2.05, 4.69) is 9.97 Å². The number of hydrogen-bond acceptors (Lipinski definition) is 4. The zero-order valence-electron chi connectivity index (χ0n) is 9.05. The summed E-state index contributed by atoms with van der Waals surface area (Å²) in [5.41, 5.74) is 0.0879. The fraction of sp³-hybridized carbons (Fsp3) is 0.0833. The third kappa shape index (κ3) is 2.68. The average Bonchev–Trinajstić information content (AvgIpc) is 2.30. The first-order valence-corrected chi connectivity index (χ1v) is 5.74. The predicted molar refractivity (Wildman–Crippen MR) is 62.6 cm³/mol. The van der Waals surface area contributed by atoms with Crippen molar-refractivity contribution in [2.24, 2.45) is 0 Å². The highest BCUT2D eigenvalue weighted by Crippen LogP contribution is 2.29. The van der Waals surface area contributed by atoms with Crippen LogP contribution in [0.2, 0.25) is 0 Å². The monoisotopic (exact) mass is 248 g/mol. The van der Waals surface area contributed by atoms with Gasteiger partial charge in [-0.1, -0.05) is 6.07 Å². The Balaban J connectivity index is 2.40. The molecule has 0 aliphatic carbocycles. The lowest BCUT2D eigenvalue weighted by Crippen LogP contribution is -2.00. The lowest BCUT2D eigenvalue weighted by Gasteiger charge is -2.05. The first-order valence-electron chi connectivity index (χ1n) is 4.93. The Labute approximate surface area is 102 Å². The van der Waals surface area contributed by atoms with Crippen LogP contribution in [0.3, 0.4) is 0 Å². The molecule has 86 valence electrons. The summed E-state index contributed by atoms with van der Waals surface area (Å²) < 4.78 is 13.5. The van der Waals surface area contributed by atoms with Crippen LogP contribution in [0.25, 0.3) is 0 Å². The molecule has 0 amide bonds. The van der Waals surface area contributed by atoms with Crippen molar-refractivity contribution in [1.82, 2.24) is 9.97 Å². The largest absolute Gasteiger partial charge is 0.294 e. The Morgan fingerprint density at radius 1 is 1.24 bits per heavy atom. The highest BCUT2D eigenvalue weighted by molar-refractivity contribution is 7.99. The van der Waals surface area contributed by atoms with E-state index in [4.69, 9.17) is 0 Å². The number of carbonyl (C=O) groups is 1. The molecule has 0 unspecified atom stereocenters. The lowest BCUT2D eigenvalue weighted by atomic mass is 10.1. The van der Waals surface area contributed by atoms with E-state index in [-0.39, 0.29) is 11.3 Å². The minimum absolute atomic E-state index is 0.0879. The summed E-state index contributed by atoms with van der Waals surface area (Å²) in [5, 5.41) is 0.487. The molecule has 3 nitrogen and oxygen atoms in total. The van der Waals surface area contributed by atoms with Gasteiger partial charge in [0.1, 0.15) is 5.82 Å². The average molecular weight is 248 g/mol. The van der Waals surface area contributed by atoms with Crippen LogP contribution in [0.1, 0.15) is 17.3 Å². The third-order valence-corrected chi connectivity index (χ3v) is 3.02. The van der Waals surface area contributed by atoms with E-state index in [9.17, 15) is 9.18 Å². The van der Waals surface area contributed by atoms with E-state index >= 15 is 0 Å². The standard InChI is InChI=1S/C12H9FN2OS/c1-8(16)11-9(13)4-2-5-10(11)17-12-14-6-3-7-15-12/h2-7H,1H3. The topological polar surface area (TPSA) is 42.9 Å². The molecule has 1 aromatic carbocycles. The highest BCUT2D eigenvalue weighted by atomic mass is 32.2. The van der Waals surface area contributed by atoms with Crippen LogP contribution in [0, 0.1) is 5.82 Å². The van der Waals surface area contributed by atoms with Crippen molar-refractivity contribution in [1.29, 1.82) is 0 Å². The first-order chi connectivity index (χ1) is 8.18. The van der Waals surface area contributed by atoms with Crippen LogP contribution in [0.4, 0.5) is 4.39 Å². The molecule has 0 fully saturated rings. The Bertz CT molecular complexity index is 545. The third-order valence-electron chi connectivity index (χ3n) is 2.07. The van der Waals surface area contributed by atoms with Crippen LogP contribution in [0.5, 0.6) is 0 Å². The quantitative estimate of drug-likeness (QED) is 0.618. The number of hydrogen-bond donors (Lipinski definition) is 0. The molecule has 1 aromatic heterocycles. The van der Waals surface area contributed by atoms with Gasteiger partial charge in [-0.05, 0) is 36.9 Å². The molecule has 0 aliphatic rings. The Morgan fingerprint density at radius 2 is 1.94 bits per heavy atom. The molecule has 1 heterocycles. The minimum Gasteiger partial charge on any atom is -0.294 e. The predicted octanol–water partition coefficient (Wildman–Crippen LogP) is 2.97. The minimum atomic E-state index is -0.515. The SMILES string of the molecule is CC(=O)c1c(F)cccc1Sc1ncccn1. The summed E-state index contributed by atoms with van der Waals surface area (Å²) in [6.07, 6.45) is 3.20. The van der Waals surface area contributed by atoms with Crippen molar-refractivity contribution in [2.45, 2.75) is 17.0 Å². The number of aromatic nitrogens is 2. The van der Waals surface area contributed by atoms with Gasteiger partial charge < -0.3 is 0 Å². The maximum absolute atomic E-state index is 13.5. The number of benzene rings is 1. The second-order valence-electron chi connectivity index (χ2n) is 3.30. The van der Waals surface area contributed by atoms with Crippen LogP contribution < -0.4 is 0 Å². The van der Waals surface area contributed by atoms with Crippen molar-refractivity contribution in [2.75, 3.05) is 0 Å². The lowest BCUT2D eigenvalue weighted by molar-refractivity contribution is 0.101. The molecule has 0 spiro atoms. The molecule has 2 rings (SSSR count). The maximum Gasteiger partial charge on any atom is 0.192 e. The summed E-state index contributed by atoms with van der Waals surface area (Å²) in [6, 6.07) is 6.21. The zero-order valence-corrected chi connectivity index (χ0v) is 9.87. The van der Waals surface area contributed by atoms with E-state index in [0.29, 0.717) is 10.1 Å². The van der Waals surface area contributed by atoms with Gasteiger partial charge in [0.05, 0.1) is 5.56 Å². The van der Waals surface area contributed by atoms with Crippen LogP contribution in [-0.4, -0.2) is 15.8 Å². The van der Waals surface area contributed by atoms with Crippen molar-refractivity contribution in [3.8, 4) is 0 Å². The number of carbonyl (C=O) groups excluding carboxylic acids is 1. The van der Waals surface area contributed by atoms with Crippen LogP contribution in [0.15, 0.2) is 46.7 Å². The molecule has 17 heavy (non-hydrogen) atoms. The Kier molecular flexibility index (Phi) is 3.49. The van der Waals surface area contributed by atoms with Crippen molar-refractivity contribution >= 4 is 17.5 Å². The van der Waals surface area contributed by atoms with Gasteiger partial charge in [-0.2, -0.15) is 0 Å². The number of Topliss-reactive ketones (excluding diaryl/α,β-unsaturated/α-hetero) is 1. The number of rotatable bonds is 3. The first kappa shape index (κ1) is 11.7. The number of ketones is 1. The summed E-state index contributed by atoms with van der Waals surface area (Å²) in [7, 11) is 0. The van der Waals surface area contributed by atoms with E-state index < -0.39 is 5.82 Å². The molecule has 0 N–H and O–H groups in total. The van der Waals surface area contributed by atoms with Gasteiger partial charge in [0.2, 0.25) is 0 Å².